The summed E-state index contributed by atoms with van der Waals surface area (Å²) in [4.78, 5) is 0. The fraction of sp³-hybridized carbons (Fsp3) is 0.316. The largest absolute Gasteiger partial charge is 0.494 e. The molecule has 1 aromatic heterocycles. The van der Waals surface area contributed by atoms with Gasteiger partial charge in [0.25, 0.3) is 0 Å². The van der Waals surface area contributed by atoms with E-state index in [0.717, 1.165) is 47.8 Å². The summed E-state index contributed by atoms with van der Waals surface area (Å²) in [6, 6.07) is 10.3. The number of aromatic nitrogens is 2. The molecular weight excluding hydrogens is 305 g/mol. The summed E-state index contributed by atoms with van der Waals surface area (Å²) in [6.07, 6.45) is 4.45. The summed E-state index contributed by atoms with van der Waals surface area (Å²) in [5, 5.41) is 11.7. The van der Waals surface area contributed by atoms with Crippen molar-refractivity contribution in [3.05, 3.63) is 59.0 Å². The van der Waals surface area contributed by atoms with Crippen LogP contribution in [0, 0.1) is 5.82 Å². The molecule has 1 unspecified atom stereocenters. The van der Waals surface area contributed by atoms with Crippen molar-refractivity contribution < 1.29 is 9.13 Å². The number of benzene rings is 2. The van der Waals surface area contributed by atoms with Gasteiger partial charge in [0.1, 0.15) is 0 Å². The van der Waals surface area contributed by atoms with E-state index in [9.17, 15) is 4.39 Å². The molecular formula is C19H20FN3O. The van der Waals surface area contributed by atoms with E-state index in [0.29, 0.717) is 5.75 Å². The van der Waals surface area contributed by atoms with Crippen molar-refractivity contribution >= 4 is 10.9 Å². The second kappa shape index (κ2) is 6.24. The molecule has 4 nitrogen and oxygen atoms in total. The third-order valence-corrected chi connectivity index (χ3v) is 4.83. The maximum atomic E-state index is 14.3. The average Bonchev–Trinajstić information content (AvgIpc) is 3.22. The van der Waals surface area contributed by atoms with Crippen LogP contribution in [0.4, 0.5) is 4.39 Å². The minimum absolute atomic E-state index is 0.205. The van der Waals surface area contributed by atoms with Crippen molar-refractivity contribution in [2.24, 2.45) is 0 Å². The Bertz CT molecular complexity index is 874. The predicted octanol–water partition coefficient (Wildman–Crippen LogP) is 3.53. The van der Waals surface area contributed by atoms with E-state index in [-0.39, 0.29) is 11.9 Å². The Morgan fingerprint density at radius 1 is 1.33 bits per heavy atom. The molecule has 5 heteroatoms. The van der Waals surface area contributed by atoms with Gasteiger partial charge in [-0.05, 0) is 54.6 Å². The van der Waals surface area contributed by atoms with Gasteiger partial charge in [0, 0.05) is 11.4 Å². The summed E-state index contributed by atoms with van der Waals surface area (Å²) in [5.41, 5.74) is 4.19. The minimum atomic E-state index is -0.205. The summed E-state index contributed by atoms with van der Waals surface area (Å²) in [5.74, 6) is 0.131. The van der Waals surface area contributed by atoms with Gasteiger partial charge in [-0.15, -0.1) is 0 Å². The molecule has 0 fully saturated rings. The van der Waals surface area contributed by atoms with Crippen LogP contribution in [0.2, 0.25) is 0 Å². The van der Waals surface area contributed by atoms with Crippen LogP contribution in [-0.4, -0.2) is 23.9 Å². The summed E-state index contributed by atoms with van der Waals surface area (Å²) >= 11 is 0. The average molecular weight is 325 g/mol. The number of nitrogens with zero attached hydrogens (tertiary/aromatic N) is 1. The number of nitrogens with one attached hydrogen (secondary N) is 2. The van der Waals surface area contributed by atoms with E-state index in [1.165, 1.54) is 12.7 Å². The van der Waals surface area contributed by atoms with E-state index in [2.05, 4.69) is 33.7 Å². The summed E-state index contributed by atoms with van der Waals surface area (Å²) in [6.45, 7) is 0.859. The molecule has 2 N–H and O–H groups in total. The van der Waals surface area contributed by atoms with Crippen molar-refractivity contribution in [1.29, 1.82) is 0 Å². The maximum absolute atomic E-state index is 14.3. The molecule has 124 valence electrons. The van der Waals surface area contributed by atoms with E-state index in [1.807, 2.05) is 12.3 Å². The molecule has 3 aromatic rings. The number of rotatable bonds is 5. The van der Waals surface area contributed by atoms with Crippen LogP contribution >= 0.6 is 0 Å². The molecule has 4 rings (SSSR count). The van der Waals surface area contributed by atoms with Gasteiger partial charge < -0.3 is 10.1 Å². The molecule has 0 saturated carbocycles. The Morgan fingerprint density at radius 2 is 2.25 bits per heavy atom. The third-order valence-electron chi connectivity index (χ3n) is 4.83. The highest BCUT2D eigenvalue weighted by molar-refractivity contribution is 5.78. The number of H-pyrrole nitrogens is 1. The lowest BCUT2D eigenvalue weighted by molar-refractivity contribution is 0.384. The van der Waals surface area contributed by atoms with Gasteiger partial charge in [0.15, 0.2) is 11.6 Å². The molecule has 1 aliphatic rings. The lowest BCUT2D eigenvalue weighted by atomic mass is 10.1. The molecule has 2 aromatic carbocycles. The smallest absolute Gasteiger partial charge is 0.168 e. The lowest BCUT2D eigenvalue weighted by Gasteiger charge is -2.15. The van der Waals surface area contributed by atoms with E-state index in [1.54, 1.807) is 6.07 Å². The number of hydrogen-bond acceptors (Lipinski definition) is 3. The third kappa shape index (κ3) is 2.65. The first-order chi connectivity index (χ1) is 11.8. The SMILES string of the molecule is COc1ccc2c(c1F)CCC2NCCc1ccc2cn[nH]c2c1. The number of halogens is 1. The van der Waals surface area contributed by atoms with Crippen LogP contribution in [0.15, 0.2) is 36.5 Å². The van der Waals surface area contributed by atoms with Crippen LogP contribution in [0.25, 0.3) is 10.9 Å². The maximum Gasteiger partial charge on any atom is 0.168 e. The van der Waals surface area contributed by atoms with Gasteiger partial charge in [-0.3, -0.25) is 5.10 Å². The van der Waals surface area contributed by atoms with Crippen molar-refractivity contribution in [3.63, 3.8) is 0 Å². The fourth-order valence-electron chi connectivity index (χ4n) is 3.54. The molecule has 1 aliphatic carbocycles. The zero-order valence-electron chi connectivity index (χ0n) is 13.6. The van der Waals surface area contributed by atoms with E-state index >= 15 is 0 Å². The Kier molecular flexibility index (Phi) is 3.94. The van der Waals surface area contributed by atoms with E-state index < -0.39 is 0 Å². The Labute approximate surface area is 140 Å². The monoisotopic (exact) mass is 325 g/mol. The van der Waals surface area contributed by atoms with Gasteiger partial charge in [-0.25, -0.2) is 4.39 Å². The van der Waals surface area contributed by atoms with Gasteiger partial charge in [-0.1, -0.05) is 18.2 Å². The molecule has 0 spiro atoms. The second-order valence-corrected chi connectivity index (χ2v) is 6.24. The molecule has 0 aliphatic heterocycles. The zero-order valence-corrected chi connectivity index (χ0v) is 13.6. The quantitative estimate of drug-likeness (QED) is 0.754. The summed E-state index contributed by atoms with van der Waals surface area (Å²) in [7, 11) is 1.51. The van der Waals surface area contributed by atoms with Crippen molar-refractivity contribution in [2.75, 3.05) is 13.7 Å². The topological polar surface area (TPSA) is 49.9 Å². The van der Waals surface area contributed by atoms with Crippen LogP contribution in [-0.2, 0) is 12.8 Å². The fourth-order valence-corrected chi connectivity index (χ4v) is 3.54. The highest BCUT2D eigenvalue weighted by Crippen LogP contribution is 2.36. The van der Waals surface area contributed by atoms with Crippen molar-refractivity contribution in [1.82, 2.24) is 15.5 Å². The Morgan fingerprint density at radius 3 is 3.12 bits per heavy atom. The van der Waals surface area contributed by atoms with Crippen molar-refractivity contribution in [3.8, 4) is 5.75 Å². The van der Waals surface area contributed by atoms with Gasteiger partial charge in [-0.2, -0.15) is 5.10 Å². The molecule has 1 atom stereocenters. The Hall–Kier alpha value is -2.40. The highest BCUT2D eigenvalue weighted by Gasteiger charge is 2.26. The molecule has 24 heavy (non-hydrogen) atoms. The predicted molar refractivity (Wildman–Crippen MR) is 91.8 cm³/mol. The normalized spacial score (nSPS) is 16.5. The first-order valence-electron chi connectivity index (χ1n) is 8.27. The molecule has 0 amide bonds. The van der Waals surface area contributed by atoms with Gasteiger partial charge in [0.05, 0.1) is 18.8 Å². The summed E-state index contributed by atoms with van der Waals surface area (Å²) < 4.78 is 19.4. The van der Waals surface area contributed by atoms with Gasteiger partial charge in [0.2, 0.25) is 0 Å². The minimum Gasteiger partial charge on any atom is -0.494 e. The standard InChI is InChI=1S/C19H20FN3O/c1-24-18-7-5-14-15(19(18)20)4-6-16(14)21-9-8-12-2-3-13-11-22-23-17(13)10-12/h2-3,5,7,10-11,16,21H,4,6,8-9H2,1H3,(H,22,23). The van der Waals surface area contributed by atoms with Crippen LogP contribution in [0.3, 0.4) is 0 Å². The Balaban J connectivity index is 1.42. The molecule has 0 saturated heterocycles. The lowest BCUT2D eigenvalue weighted by Crippen LogP contribution is -2.22. The number of aromatic amines is 1. The van der Waals surface area contributed by atoms with Crippen LogP contribution < -0.4 is 10.1 Å². The number of methoxy groups -OCH3 is 1. The number of hydrogen-bond donors (Lipinski definition) is 2. The first-order valence-corrected chi connectivity index (χ1v) is 8.27. The zero-order chi connectivity index (χ0) is 16.5. The van der Waals surface area contributed by atoms with Crippen LogP contribution in [0.5, 0.6) is 5.75 Å². The number of ether oxygens (including phenoxy) is 1. The first kappa shape index (κ1) is 15.1. The number of fused-ring (bicyclic) bond motifs is 2. The van der Waals surface area contributed by atoms with Gasteiger partial charge >= 0.3 is 0 Å². The second-order valence-electron chi connectivity index (χ2n) is 6.24. The highest BCUT2D eigenvalue weighted by atomic mass is 19.1. The molecule has 0 bridgehead atoms. The van der Waals surface area contributed by atoms with E-state index in [4.69, 9.17) is 4.74 Å². The molecule has 0 radical (unpaired) electrons. The van der Waals surface area contributed by atoms with Crippen LogP contribution in [0.1, 0.15) is 29.2 Å². The molecule has 1 heterocycles. The van der Waals surface area contributed by atoms with Crippen molar-refractivity contribution in [2.45, 2.75) is 25.3 Å².